The number of nitrogens with zero attached hydrogens (tertiary/aromatic N) is 1. The fourth-order valence-electron chi connectivity index (χ4n) is 2.22. The smallest absolute Gasteiger partial charge is 0.234 e. The minimum absolute atomic E-state index is 0.118. The van der Waals surface area contributed by atoms with Crippen molar-refractivity contribution in [3.8, 4) is 0 Å². The van der Waals surface area contributed by atoms with E-state index in [9.17, 15) is 9.59 Å². The quantitative estimate of drug-likeness (QED) is 0.805. The number of amides is 2. The van der Waals surface area contributed by atoms with E-state index in [0.29, 0.717) is 10.0 Å². The zero-order chi connectivity index (χ0) is 18.5. The van der Waals surface area contributed by atoms with Crippen molar-refractivity contribution >= 4 is 35.0 Å². The first-order chi connectivity index (χ1) is 11.0. The Balaban J connectivity index is 2.51. The maximum absolute atomic E-state index is 12.1. The monoisotopic (exact) mass is 373 g/mol. The minimum Gasteiger partial charge on any atom is -0.350 e. The molecule has 0 aliphatic heterocycles. The Morgan fingerprint density at radius 2 is 1.75 bits per heavy atom. The van der Waals surface area contributed by atoms with Gasteiger partial charge in [0, 0.05) is 15.6 Å². The van der Waals surface area contributed by atoms with Crippen LogP contribution in [0.2, 0.25) is 10.0 Å². The minimum atomic E-state index is -0.292. The van der Waals surface area contributed by atoms with Gasteiger partial charge in [0.05, 0.1) is 19.1 Å². The molecule has 2 N–H and O–H groups in total. The third-order valence-corrected chi connectivity index (χ3v) is 3.71. The van der Waals surface area contributed by atoms with Crippen molar-refractivity contribution in [2.24, 2.45) is 0 Å². The summed E-state index contributed by atoms with van der Waals surface area (Å²) in [4.78, 5) is 25.6. The summed E-state index contributed by atoms with van der Waals surface area (Å²) in [5, 5.41) is 6.79. The van der Waals surface area contributed by atoms with Crippen molar-refractivity contribution in [1.82, 2.24) is 15.5 Å². The molecule has 134 valence electrons. The van der Waals surface area contributed by atoms with Gasteiger partial charge >= 0.3 is 0 Å². The molecule has 0 spiro atoms. The van der Waals surface area contributed by atoms with Crippen LogP contribution in [-0.2, 0) is 9.59 Å². The van der Waals surface area contributed by atoms with Gasteiger partial charge in [-0.05, 0) is 52.4 Å². The lowest BCUT2D eigenvalue weighted by molar-refractivity contribution is -0.125. The summed E-state index contributed by atoms with van der Waals surface area (Å²) in [6.07, 6.45) is 0. The van der Waals surface area contributed by atoms with Crippen LogP contribution in [0, 0.1) is 0 Å². The lowest BCUT2D eigenvalue weighted by Crippen LogP contribution is -2.47. The van der Waals surface area contributed by atoms with Gasteiger partial charge in [-0.2, -0.15) is 0 Å². The van der Waals surface area contributed by atoms with Gasteiger partial charge in [0.15, 0.2) is 0 Å². The van der Waals surface area contributed by atoms with Crippen LogP contribution < -0.4 is 10.6 Å². The van der Waals surface area contributed by atoms with Gasteiger partial charge in [-0.25, -0.2) is 0 Å². The van der Waals surface area contributed by atoms with Crippen LogP contribution in [0.1, 0.15) is 39.3 Å². The maximum Gasteiger partial charge on any atom is 0.234 e. The maximum atomic E-state index is 12.1. The first-order valence-electron chi connectivity index (χ1n) is 7.72. The zero-order valence-electron chi connectivity index (χ0n) is 14.7. The molecule has 1 atom stereocenters. The van der Waals surface area contributed by atoms with Gasteiger partial charge < -0.3 is 10.6 Å². The number of likely N-dealkylation sites (N-methyl/N-ethyl adjacent to an activating group) is 1. The molecule has 1 aromatic rings. The van der Waals surface area contributed by atoms with Crippen molar-refractivity contribution < 1.29 is 9.59 Å². The molecule has 0 bridgehead atoms. The topological polar surface area (TPSA) is 61.4 Å². The number of nitrogens with one attached hydrogen (secondary N) is 2. The van der Waals surface area contributed by atoms with E-state index in [-0.39, 0.29) is 36.5 Å². The highest BCUT2D eigenvalue weighted by Gasteiger charge is 2.18. The predicted molar refractivity (Wildman–Crippen MR) is 98.4 cm³/mol. The number of carbonyl (C=O) groups excluding carboxylic acids is 2. The standard InChI is InChI=1S/C17H25Cl2N3O2/c1-11(13-7-6-12(18)8-14(13)19)20-15(23)9-22(5)10-16(24)21-17(2,3)4/h6-8,11H,9-10H2,1-5H3,(H,20,23)(H,21,24)/t11-/m0/s1. The van der Waals surface area contributed by atoms with Crippen molar-refractivity contribution in [2.45, 2.75) is 39.3 Å². The fraction of sp³-hybridized carbons (Fsp3) is 0.529. The van der Waals surface area contributed by atoms with E-state index in [1.807, 2.05) is 27.7 Å². The summed E-state index contributed by atoms with van der Waals surface area (Å²) >= 11 is 12.0. The third kappa shape index (κ3) is 7.51. The van der Waals surface area contributed by atoms with Crippen molar-refractivity contribution in [2.75, 3.05) is 20.1 Å². The summed E-state index contributed by atoms with van der Waals surface area (Å²) in [5.41, 5.74) is 0.502. The molecule has 1 rings (SSSR count). The van der Waals surface area contributed by atoms with Gasteiger partial charge in [-0.3, -0.25) is 14.5 Å². The lowest BCUT2D eigenvalue weighted by atomic mass is 10.1. The zero-order valence-corrected chi connectivity index (χ0v) is 16.3. The molecule has 0 radical (unpaired) electrons. The van der Waals surface area contributed by atoms with E-state index in [2.05, 4.69) is 10.6 Å². The van der Waals surface area contributed by atoms with Crippen LogP contribution in [-0.4, -0.2) is 42.4 Å². The van der Waals surface area contributed by atoms with E-state index in [4.69, 9.17) is 23.2 Å². The second-order valence-electron chi connectivity index (χ2n) is 6.93. The summed E-state index contributed by atoms with van der Waals surface area (Å²) in [5.74, 6) is -0.300. The molecule has 7 heteroatoms. The molecule has 0 aliphatic rings. The van der Waals surface area contributed by atoms with Gasteiger partial charge in [-0.15, -0.1) is 0 Å². The van der Waals surface area contributed by atoms with Gasteiger partial charge in [0.25, 0.3) is 0 Å². The highest BCUT2D eigenvalue weighted by molar-refractivity contribution is 6.35. The van der Waals surface area contributed by atoms with Crippen molar-refractivity contribution in [1.29, 1.82) is 0 Å². The molecule has 0 saturated carbocycles. The van der Waals surface area contributed by atoms with Crippen LogP contribution in [0.3, 0.4) is 0 Å². The van der Waals surface area contributed by atoms with E-state index in [0.717, 1.165) is 5.56 Å². The van der Waals surface area contributed by atoms with E-state index in [1.165, 1.54) is 0 Å². The van der Waals surface area contributed by atoms with E-state index >= 15 is 0 Å². The van der Waals surface area contributed by atoms with Crippen LogP contribution in [0.4, 0.5) is 0 Å². The van der Waals surface area contributed by atoms with Gasteiger partial charge in [-0.1, -0.05) is 29.3 Å². The highest BCUT2D eigenvalue weighted by Crippen LogP contribution is 2.25. The molecule has 2 amide bonds. The van der Waals surface area contributed by atoms with Crippen LogP contribution in [0.5, 0.6) is 0 Å². The van der Waals surface area contributed by atoms with Crippen LogP contribution in [0.15, 0.2) is 18.2 Å². The Labute approximate surface area is 153 Å². The highest BCUT2D eigenvalue weighted by atomic mass is 35.5. The Hall–Kier alpha value is -1.30. The Bertz CT molecular complexity index is 600. The summed E-state index contributed by atoms with van der Waals surface area (Å²) in [6, 6.07) is 4.91. The van der Waals surface area contributed by atoms with Gasteiger partial charge in [0.2, 0.25) is 11.8 Å². The molecule has 0 heterocycles. The predicted octanol–water partition coefficient (Wildman–Crippen LogP) is 3.02. The molecule has 0 unspecified atom stereocenters. The average Bonchev–Trinajstić information content (AvgIpc) is 2.34. The first-order valence-corrected chi connectivity index (χ1v) is 8.47. The number of hydrogen-bond donors (Lipinski definition) is 2. The van der Waals surface area contributed by atoms with Crippen molar-refractivity contribution in [3.63, 3.8) is 0 Å². The average molecular weight is 374 g/mol. The van der Waals surface area contributed by atoms with E-state index < -0.39 is 0 Å². The van der Waals surface area contributed by atoms with Crippen LogP contribution >= 0.6 is 23.2 Å². The third-order valence-electron chi connectivity index (χ3n) is 3.15. The largest absolute Gasteiger partial charge is 0.350 e. The molecule has 24 heavy (non-hydrogen) atoms. The Morgan fingerprint density at radius 1 is 1.17 bits per heavy atom. The van der Waals surface area contributed by atoms with E-state index in [1.54, 1.807) is 30.1 Å². The lowest BCUT2D eigenvalue weighted by Gasteiger charge is -2.23. The molecular formula is C17H25Cl2N3O2. The molecule has 0 saturated heterocycles. The van der Waals surface area contributed by atoms with Crippen LogP contribution in [0.25, 0.3) is 0 Å². The SMILES string of the molecule is C[C@H](NC(=O)CN(C)CC(=O)NC(C)(C)C)c1ccc(Cl)cc1Cl. The summed E-state index contributed by atoms with van der Waals surface area (Å²) in [6.45, 7) is 7.85. The number of halogens is 2. The fourth-order valence-corrected chi connectivity index (χ4v) is 2.79. The molecule has 1 aromatic carbocycles. The number of rotatable bonds is 6. The molecule has 5 nitrogen and oxygen atoms in total. The summed E-state index contributed by atoms with van der Waals surface area (Å²) in [7, 11) is 1.72. The van der Waals surface area contributed by atoms with Crippen molar-refractivity contribution in [3.05, 3.63) is 33.8 Å². The molecule has 0 aliphatic carbocycles. The summed E-state index contributed by atoms with van der Waals surface area (Å²) < 4.78 is 0. The second kappa shape index (κ2) is 8.70. The first kappa shape index (κ1) is 20.7. The Kier molecular flexibility index (Phi) is 7.52. The number of carbonyl (C=O) groups is 2. The Morgan fingerprint density at radius 3 is 2.29 bits per heavy atom. The molecule has 0 aromatic heterocycles. The molecule has 0 fully saturated rings. The second-order valence-corrected chi connectivity index (χ2v) is 7.77. The molecular weight excluding hydrogens is 349 g/mol. The number of benzene rings is 1. The van der Waals surface area contributed by atoms with Gasteiger partial charge in [0.1, 0.15) is 0 Å². The number of hydrogen-bond acceptors (Lipinski definition) is 3. The normalized spacial score (nSPS) is 12.8.